The molecular formula is C25H26FN3O3S. The van der Waals surface area contributed by atoms with Crippen molar-refractivity contribution >= 4 is 32.3 Å². The predicted octanol–water partition coefficient (Wildman–Crippen LogP) is 5.96. The van der Waals surface area contributed by atoms with E-state index in [4.69, 9.17) is 14.2 Å². The molecule has 0 radical (unpaired) electrons. The second kappa shape index (κ2) is 9.49. The number of hydrogen-bond acceptors (Lipinski definition) is 7. The largest absolute Gasteiger partial charge is 0.493 e. The summed E-state index contributed by atoms with van der Waals surface area (Å²) in [5.41, 5.74) is 0.642. The number of ether oxygens (including phenoxy) is 3. The number of halogens is 1. The van der Waals surface area contributed by atoms with Crippen molar-refractivity contribution in [2.24, 2.45) is 0 Å². The minimum absolute atomic E-state index is 0.126. The van der Waals surface area contributed by atoms with E-state index in [9.17, 15) is 0 Å². The van der Waals surface area contributed by atoms with E-state index in [2.05, 4.69) is 14.9 Å². The standard InChI is InChI=1S/C25H26FN3O3S/c1-16-12-18-23(33-16)7-6-20(24(18)26)32-25-17-13-21(30-2)22(14-19(17)27-15-28-25)31-11-5-10-29-8-3-4-9-29/h6-7,12-15H,3-5,8-11H2,1-2H3. The summed E-state index contributed by atoms with van der Waals surface area (Å²) in [5, 5.41) is 1.18. The average molecular weight is 468 g/mol. The fourth-order valence-electron chi connectivity index (χ4n) is 4.24. The molecule has 1 saturated heterocycles. The average Bonchev–Trinajstić information content (AvgIpc) is 3.47. The van der Waals surface area contributed by atoms with Gasteiger partial charge in [-0.25, -0.2) is 14.4 Å². The van der Waals surface area contributed by atoms with Crippen molar-refractivity contribution in [3.8, 4) is 23.1 Å². The first kappa shape index (κ1) is 21.9. The van der Waals surface area contributed by atoms with Crippen molar-refractivity contribution in [3.63, 3.8) is 0 Å². The zero-order valence-electron chi connectivity index (χ0n) is 18.8. The van der Waals surface area contributed by atoms with Crippen LogP contribution in [0.2, 0.25) is 0 Å². The Labute approximate surface area is 195 Å². The van der Waals surface area contributed by atoms with Crippen LogP contribution in [0.25, 0.3) is 21.0 Å². The molecule has 6 nitrogen and oxygen atoms in total. The van der Waals surface area contributed by atoms with Gasteiger partial charge in [0.25, 0.3) is 0 Å². The van der Waals surface area contributed by atoms with Gasteiger partial charge < -0.3 is 19.1 Å². The molecule has 4 aromatic rings. The van der Waals surface area contributed by atoms with Crippen LogP contribution in [0, 0.1) is 12.7 Å². The molecule has 0 N–H and O–H groups in total. The molecular weight excluding hydrogens is 441 g/mol. The molecule has 5 rings (SSSR count). The van der Waals surface area contributed by atoms with E-state index in [1.165, 1.54) is 32.3 Å². The monoisotopic (exact) mass is 467 g/mol. The zero-order valence-corrected chi connectivity index (χ0v) is 19.6. The van der Waals surface area contributed by atoms with Gasteiger partial charge in [0.2, 0.25) is 5.88 Å². The van der Waals surface area contributed by atoms with Crippen LogP contribution in [0.3, 0.4) is 0 Å². The van der Waals surface area contributed by atoms with E-state index < -0.39 is 5.82 Å². The molecule has 0 aliphatic carbocycles. The highest BCUT2D eigenvalue weighted by Crippen LogP contribution is 2.38. The van der Waals surface area contributed by atoms with Crippen molar-refractivity contribution in [2.45, 2.75) is 26.2 Å². The smallest absolute Gasteiger partial charge is 0.230 e. The first-order chi connectivity index (χ1) is 16.1. The number of benzene rings is 2. The van der Waals surface area contributed by atoms with Gasteiger partial charge in [-0.1, -0.05) is 0 Å². The molecule has 0 spiro atoms. The van der Waals surface area contributed by atoms with E-state index in [0.29, 0.717) is 34.4 Å². The van der Waals surface area contributed by atoms with E-state index in [0.717, 1.165) is 22.5 Å². The van der Waals surface area contributed by atoms with Crippen LogP contribution in [-0.2, 0) is 0 Å². The second-order valence-corrected chi connectivity index (χ2v) is 9.49. The number of rotatable bonds is 8. The van der Waals surface area contributed by atoms with Crippen LogP contribution in [-0.4, -0.2) is 48.2 Å². The van der Waals surface area contributed by atoms with Crippen LogP contribution in [0.4, 0.5) is 4.39 Å². The van der Waals surface area contributed by atoms with Crippen molar-refractivity contribution in [3.05, 3.63) is 47.4 Å². The highest BCUT2D eigenvalue weighted by Gasteiger charge is 2.17. The summed E-state index contributed by atoms with van der Waals surface area (Å²) in [6.45, 7) is 5.95. The van der Waals surface area contributed by atoms with Crippen LogP contribution < -0.4 is 14.2 Å². The quantitative estimate of drug-likeness (QED) is 0.298. The number of fused-ring (bicyclic) bond motifs is 2. The summed E-state index contributed by atoms with van der Waals surface area (Å²) in [7, 11) is 1.59. The van der Waals surface area contributed by atoms with Crippen molar-refractivity contribution in [2.75, 3.05) is 33.4 Å². The third-order valence-electron chi connectivity index (χ3n) is 5.89. The Kier molecular flexibility index (Phi) is 6.28. The maximum absolute atomic E-state index is 15.1. The number of aromatic nitrogens is 2. The lowest BCUT2D eigenvalue weighted by molar-refractivity contribution is 0.254. The summed E-state index contributed by atoms with van der Waals surface area (Å²) >= 11 is 1.55. The molecule has 2 aromatic carbocycles. The lowest BCUT2D eigenvalue weighted by Crippen LogP contribution is -2.21. The number of aryl methyl sites for hydroxylation is 1. The highest BCUT2D eigenvalue weighted by atomic mass is 32.1. The Morgan fingerprint density at radius 2 is 1.88 bits per heavy atom. The number of hydrogen-bond donors (Lipinski definition) is 0. The van der Waals surface area contributed by atoms with E-state index >= 15 is 4.39 Å². The van der Waals surface area contributed by atoms with Crippen molar-refractivity contribution in [1.29, 1.82) is 0 Å². The van der Waals surface area contributed by atoms with Gasteiger partial charge in [0.1, 0.15) is 6.33 Å². The Balaban J connectivity index is 1.38. The highest BCUT2D eigenvalue weighted by molar-refractivity contribution is 7.19. The Hall–Kier alpha value is -2.97. The molecule has 3 heterocycles. The first-order valence-corrected chi connectivity index (χ1v) is 12.0. The predicted molar refractivity (Wildman–Crippen MR) is 128 cm³/mol. The molecule has 0 atom stereocenters. The minimum Gasteiger partial charge on any atom is -0.493 e. The molecule has 8 heteroatoms. The molecule has 2 aromatic heterocycles. The van der Waals surface area contributed by atoms with Crippen LogP contribution in [0.15, 0.2) is 36.7 Å². The fourth-order valence-corrected chi connectivity index (χ4v) is 5.16. The second-order valence-electron chi connectivity index (χ2n) is 8.20. The van der Waals surface area contributed by atoms with Crippen LogP contribution in [0.1, 0.15) is 24.1 Å². The van der Waals surface area contributed by atoms with Gasteiger partial charge in [-0.3, -0.25) is 0 Å². The summed E-state index contributed by atoms with van der Waals surface area (Å²) < 4.78 is 33.4. The maximum Gasteiger partial charge on any atom is 0.230 e. The van der Waals surface area contributed by atoms with E-state index in [-0.39, 0.29) is 11.6 Å². The van der Waals surface area contributed by atoms with Gasteiger partial charge >= 0.3 is 0 Å². The van der Waals surface area contributed by atoms with Gasteiger partial charge in [-0.05, 0) is 63.5 Å². The summed E-state index contributed by atoms with van der Waals surface area (Å²) in [5.74, 6) is 1.18. The van der Waals surface area contributed by atoms with Gasteiger partial charge in [0.15, 0.2) is 23.1 Å². The van der Waals surface area contributed by atoms with Gasteiger partial charge in [0, 0.05) is 27.6 Å². The van der Waals surface area contributed by atoms with Crippen LogP contribution >= 0.6 is 11.3 Å². The lowest BCUT2D eigenvalue weighted by atomic mass is 10.2. The molecule has 1 aliphatic heterocycles. The molecule has 0 bridgehead atoms. The number of thiophene rings is 1. The minimum atomic E-state index is -0.395. The summed E-state index contributed by atoms with van der Waals surface area (Å²) in [6.07, 6.45) is 4.93. The summed E-state index contributed by atoms with van der Waals surface area (Å²) in [4.78, 5) is 12.1. The number of methoxy groups -OCH3 is 1. The van der Waals surface area contributed by atoms with Gasteiger partial charge in [-0.2, -0.15) is 0 Å². The normalized spacial score (nSPS) is 14.3. The number of nitrogens with zero attached hydrogens (tertiary/aromatic N) is 3. The third kappa shape index (κ3) is 4.58. The van der Waals surface area contributed by atoms with E-state index in [1.807, 2.05) is 25.1 Å². The number of likely N-dealkylation sites (tertiary alicyclic amines) is 1. The zero-order chi connectivity index (χ0) is 22.8. The van der Waals surface area contributed by atoms with Gasteiger partial charge in [0.05, 0.1) is 24.6 Å². The van der Waals surface area contributed by atoms with E-state index in [1.54, 1.807) is 30.6 Å². The molecule has 33 heavy (non-hydrogen) atoms. The van der Waals surface area contributed by atoms with Crippen molar-refractivity contribution < 1.29 is 18.6 Å². The Morgan fingerprint density at radius 3 is 2.70 bits per heavy atom. The fraction of sp³-hybridized carbons (Fsp3) is 0.360. The molecule has 0 unspecified atom stereocenters. The molecule has 0 saturated carbocycles. The molecule has 0 amide bonds. The Morgan fingerprint density at radius 1 is 1.03 bits per heavy atom. The third-order valence-corrected chi connectivity index (χ3v) is 6.90. The van der Waals surface area contributed by atoms with Crippen molar-refractivity contribution in [1.82, 2.24) is 14.9 Å². The molecule has 1 aliphatic rings. The molecule has 1 fully saturated rings. The molecule has 172 valence electrons. The maximum atomic E-state index is 15.1. The van der Waals surface area contributed by atoms with Crippen LogP contribution in [0.5, 0.6) is 23.1 Å². The Bertz CT molecular complexity index is 1290. The first-order valence-electron chi connectivity index (χ1n) is 11.2. The summed E-state index contributed by atoms with van der Waals surface area (Å²) in [6, 6.07) is 8.93. The SMILES string of the molecule is COc1cc2c(Oc3ccc4sc(C)cc4c3F)ncnc2cc1OCCCN1CCCC1. The lowest BCUT2D eigenvalue weighted by Gasteiger charge is -2.16. The van der Waals surface area contributed by atoms with Gasteiger partial charge in [-0.15, -0.1) is 11.3 Å². The topological polar surface area (TPSA) is 56.7 Å².